The summed E-state index contributed by atoms with van der Waals surface area (Å²) in [7, 11) is 3.28. The Morgan fingerprint density at radius 1 is 1.25 bits per heavy atom. The lowest BCUT2D eigenvalue weighted by molar-refractivity contribution is -0.120. The Morgan fingerprint density at radius 2 is 2.03 bits per heavy atom. The molecule has 1 heterocycles. The smallest absolute Gasteiger partial charge is 0.244 e. The van der Waals surface area contributed by atoms with E-state index in [1.165, 1.54) is 11.3 Å². The average molecular weight is 438 g/mol. The minimum Gasteiger partial charge on any atom is -0.497 e. The number of hydrazone groups is 1. The molecule has 6 nitrogen and oxygen atoms in total. The van der Waals surface area contributed by atoms with Gasteiger partial charge in [0.25, 0.3) is 0 Å². The molecule has 0 aliphatic carbocycles. The number of rotatable bonds is 8. The second-order valence-corrected chi connectivity index (χ2v) is 9.04. The predicted octanol–water partition coefficient (Wildman–Crippen LogP) is 4.90. The maximum atomic E-state index is 12.3. The van der Waals surface area contributed by atoms with Crippen molar-refractivity contribution in [3.63, 3.8) is 0 Å². The van der Waals surface area contributed by atoms with Crippen LogP contribution in [-0.4, -0.2) is 38.4 Å². The van der Waals surface area contributed by atoms with Gasteiger partial charge in [-0.1, -0.05) is 26.0 Å². The second kappa shape index (κ2) is 10.1. The molecular weight excluding hydrogens is 402 g/mol. The largest absolute Gasteiger partial charge is 0.497 e. The van der Waals surface area contributed by atoms with Crippen LogP contribution in [0.4, 0.5) is 5.69 Å². The molecule has 2 aromatic carbocycles. The molecular formula is C26H35N3O3. The van der Waals surface area contributed by atoms with Gasteiger partial charge in [0.15, 0.2) is 0 Å². The summed E-state index contributed by atoms with van der Waals surface area (Å²) >= 11 is 0. The van der Waals surface area contributed by atoms with Gasteiger partial charge in [-0.15, -0.1) is 0 Å². The van der Waals surface area contributed by atoms with Crippen LogP contribution in [-0.2, 0) is 11.2 Å². The van der Waals surface area contributed by atoms with Crippen molar-refractivity contribution in [3.05, 3.63) is 53.1 Å². The molecule has 0 saturated carbocycles. The predicted molar refractivity (Wildman–Crippen MR) is 130 cm³/mol. The van der Waals surface area contributed by atoms with Gasteiger partial charge in [0, 0.05) is 29.4 Å². The van der Waals surface area contributed by atoms with Crippen LogP contribution in [0.3, 0.4) is 0 Å². The molecule has 1 amide bonds. The quantitative estimate of drug-likeness (QED) is 0.471. The number of nitrogens with one attached hydrogen (secondary N) is 1. The van der Waals surface area contributed by atoms with Crippen molar-refractivity contribution in [1.29, 1.82) is 0 Å². The Bertz CT molecular complexity index is 984. The van der Waals surface area contributed by atoms with Gasteiger partial charge in [0.2, 0.25) is 5.91 Å². The van der Waals surface area contributed by atoms with Crippen molar-refractivity contribution in [3.8, 4) is 11.5 Å². The van der Waals surface area contributed by atoms with Crippen LogP contribution in [0.25, 0.3) is 0 Å². The van der Waals surface area contributed by atoms with Gasteiger partial charge < -0.3 is 14.4 Å². The van der Waals surface area contributed by atoms with E-state index < -0.39 is 0 Å². The van der Waals surface area contributed by atoms with Crippen molar-refractivity contribution in [2.24, 2.45) is 5.10 Å². The maximum absolute atomic E-state index is 12.3. The van der Waals surface area contributed by atoms with Crippen LogP contribution < -0.4 is 19.8 Å². The topological polar surface area (TPSA) is 63.2 Å². The van der Waals surface area contributed by atoms with Gasteiger partial charge >= 0.3 is 0 Å². The molecule has 1 unspecified atom stereocenters. The highest BCUT2D eigenvalue weighted by atomic mass is 16.5. The highest BCUT2D eigenvalue weighted by Gasteiger charge is 2.36. The first-order chi connectivity index (χ1) is 15.3. The number of carbonyl (C=O) groups excluding carboxylic acids is 1. The summed E-state index contributed by atoms with van der Waals surface area (Å²) in [4.78, 5) is 14.8. The summed E-state index contributed by atoms with van der Waals surface area (Å²) in [5.74, 6) is 1.72. The van der Waals surface area contributed by atoms with Crippen LogP contribution in [0.1, 0.15) is 63.1 Å². The van der Waals surface area contributed by atoms with Gasteiger partial charge in [-0.2, -0.15) is 5.10 Å². The molecule has 0 saturated heterocycles. The summed E-state index contributed by atoms with van der Waals surface area (Å²) < 4.78 is 10.9. The van der Waals surface area contributed by atoms with Crippen molar-refractivity contribution in [1.82, 2.24) is 5.43 Å². The zero-order valence-electron chi connectivity index (χ0n) is 20.1. The second-order valence-electron chi connectivity index (χ2n) is 9.04. The van der Waals surface area contributed by atoms with E-state index in [-0.39, 0.29) is 17.9 Å². The summed E-state index contributed by atoms with van der Waals surface area (Å²) in [6.07, 6.45) is 4.06. The van der Waals surface area contributed by atoms with Crippen LogP contribution in [0, 0.1) is 0 Å². The Labute approximate surface area is 191 Å². The van der Waals surface area contributed by atoms with Crippen molar-refractivity contribution >= 4 is 17.8 Å². The first-order valence-corrected chi connectivity index (χ1v) is 11.2. The van der Waals surface area contributed by atoms with Gasteiger partial charge in [0.1, 0.15) is 11.5 Å². The highest BCUT2D eigenvalue weighted by molar-refractivity contribution is 5.87. The normalized spacial score (nSPS) is 17.2. The van der Waals surface area contributed by atoms with E-state index in [0.29, 0.717) is 5.92 Å². The highest BCUT2D eigenvalue weighted by Crippen LogP contribution is 2.45. The molecule has 172 valence electrons. The molecule has 0 fully saturated rings. The van der Waals surface area contributed by atoms with E-state index in [2.05, 4.69) is 55.3 Å². The first kappa shape index (κ1) is 23.6. The summed E-state index contributed by atoms with van der Waals surface area (Å²) in [5, 5.41) is 4.20. The van der Waals surface area contributed by atoms with Crippen LogP contribution in [0.15, 0.2) is 41.5 Å². The minimum atomic E-state index is -0.185. The average Bonchev–Trinajstić information content (AvgIpc) is 2.76. The van der Waals surface area contributed by atoms with Gasteiger partial charge in [0.05, 0.1) is 26.9 Å². The number of hydrogen-bond acceptors (Lipinski definition) is 5. The molecule has 1 atom stereocenters. The van der Waals surface area contributed by atoms with E-state index in [1.807, 2.05) is 24.3 Å². The number of benzene rings is 2. The maximum Gasteiger partial charge on any atom is 0.244 e. The molecule has 0 radical (unpaired) electrons. The number of anilines is 1. The number of carbonyl (C=O) groups is 1. The fourth-order valence-electron chi connectivity index (χ4n) is 4.63. The number of fused-ring (bicyclic) bond motifs is 1. The van der Waals surface area contributed by atoms with E-state index in [9.17, 15) is 4.79 Å². The third-order valence-electron chi connectivity index (χ3n) is 6.08. The molecule has 1 aliphatic rings. The molecule has 0 aromatic heterocycles. The molecule has 1 aliphatic heterocycles. The number of nitrogens with zero attached hydrogens (tertiary/aromatic N) is 2. The fraction of sp³-hybridized carbons (Fsp3) is 0.462. The Kier molecular flexibility index (Phi) is 7.44. The number of methoxy groups -OCH3 is 2. The molecule has 3 rings (SSSR count). The van der Waals surface area contributed by atoms with E-state index >= 15 is 0 Å². The Hall–Kier alpha value is -3.02. The lowest BCUT2D eigenvalue weighted by Gasteiger charge is -2.47. The standard InChI is InChI=1S/C26H35N3O3/c1-7-11-29-23-15-24(32-6)20(14-22(23)18(2)16-26(29,3)4)17-27-28-25(30)13-19-9-8-10-21(12-19)31-5/h8-10,12,14-15,17-18H,7,11,13,16H2,1-6H3,(H,28,30)/b27-17+. The van der Waals surface area contributed by atoms with Gasteiger partial charge in [-0.3, -0.25) is 4.79 Å². The number of ether oxygens (including phenoxy) is 2. The van der Waals surface area contributed by atoms with E-state index in [4.69, 9.17) is 9.47 Å². The van der Waals surface area contributed by atoms with E-state index in [1.54, 1.807) is 20.4 Å². The lowest BCUT2D eigenvalue weighted by atomic mass is 9.79. The molecule has 1 N–H and O–H groups in total. The van der Waals surface area contributed by atoms with Gasteiger partial charge in [-0.25, -0.2) is 5.43 Å². The monoisotopic (exact) mass is 437 g/mol. The van der Waals surface area contributed by atoms with Crippen LogP contribution >= 0.6 is 0 Å². The summed E-state index contributed by atoms with van der Waals surface area (Å²) in [6, 6.07) is 11.7. The lowest BCUT2D eigenvalue weighted by Crippen LogP contribution is -2.48. The van der Waals surface area contributed by atoms with Crippen LogP contribution in [0.5, 0.6) is 11.5 Å². The van der Waals surface area contributed by atoms with Crippen molar-refractivity contribution < 1.29 is 14.3 Å². The summed E-state index contributed by atoms with van der Waals surface area (Å²) in [5.41, 5.74) is 6.97. The minimum absolute atomic E-state index is 0.0944. The van der Waals surface area contributed by atoms with Crippen LogP contribution in [0.2, 0.25) is 0 Å². The first-order valence-electron chi connectivity index (χ1n) is 11.2. The Balaban J connectivity index is 1.79. The Morgan fingerprint density at radius 3 is 2.72 bits per heavy atom. The third-order valence-corrected chi connectivity index (χ3v) is 6.08. The fourth-order valence-corrected chi connectivity index (χ4v) is 4.63. The molecule has 2 aromatic rings. The molecule has 32 heavy (non-hydrogen) atoms. The SMILES string of the molecule is CCCN1c2cc(OC)c(/C=N/NC(=O)Cc3cccc(OC)c3)cc2C(C)CC1(C)C. The van der Waals surface area contributed by atoms with Crippen molar-refractivity contribution in [2.75, 3.05) is 25.7 Å². The molecule has 6 heteroatoms. The molecule has 0 bridgehead atoms. The summed E-state index contributed by atoms with van der Waals surface area (Å²) in [6.45, 7) is 10.1. The van der Waals surface area contributed by atoms with Gasteiger partial charge in [-0.05, 0) is 61.9 Å². The van der Waals surface area contributed by atoms with E-state index in [0.717, 1.165) is 42.0 Å². The zero-order valence-corrected chi connectivity index (χ0v) is 20.1. The zero-order chi connectivity index (χ0) is 23.3. The molecule has 0 spiro atoms. The third kappa shape index (κ3) is 5.23. The van der Waals surface area contributed by atoms with Crippen molar-refractivity contribution in [2.45, 2.75) is 58.4 Å². The number of amides is 1. The number of hydrogen-bond donors (Lipinski definition) is 1.